The van der Waals surface area contributed by atoms with E-state index in [1.807, 2.05) is 25.3 Å². The summed E-state index contributed by atoms with van der Waals surface area (Å²) in [6.07, 6.45) is 3.23. The van der Waals surface area contributed by atoms with E-state index in [0.29, 0.717) is 21.4 Å². The summed E-state index contributed by atoms with van der Waals surface area (Å²) in [5.74, 6) is -0.622. The zero-order valence-electron chi connectivity index (χ0n) is 17.4. The van der Waals surface area contributed by atoms with Crippen molar-refractivity contribution in [3.05, 3.63) is 64.7 Å². The molecule has 3 rings (SSSR count). The fourth-order valence-corrected chi connectivity index (χ4v) is 3.73. The van der Waals surface area contributed by atoms with E-state index < -0.39 is 11.9 Å². The molecular formula is C22H18N4O4S2. The molecule has 0 saturated heterocycles. The highest BCUT2D eigenvalue weighted by Gasteiger charge is 2.15. The minimum atomic E-state index is -0.606. The molecule has 162 valence electrons. The van der Waals surface area contributed by atoms with Crippen molar-refractivity contribution in [2.75, 3.05) is 18.7 Å². The number of methoxy groups -OCH3 is 1. The molecule has 2 aromatic carbocycles. The van der Waals surface area contributed by atoms with Gasteiger partial charge in [0.2, 0.25) is 10.3 Å². The number of carbonyl (C=O) groups is 2. The van der Waals surface area contributed by atoms with Crippen LogP contribution in [-0.4, -0.2) is 34.6 Å². The number of anilines is 1. The van der Waals surface area contributed by atoms with Crippen LogP contribution in [-0.2, 0) is 4.79 Å². The van der Waals surface area contributed by atoms with E-state index in [-0.39, 0.29) is 17.1 Å². The Bertz CT molecular complexity index is 1230. The van der Waals surface area contributed by atoms with Crippen LogP contribution in [0.15, 0.2) is 53.2 Å². The molecular weight excluding hydrogens is 448 g/mol. The topological polar surface area (TPSA) is 114 Å². The summed E-state index contributed by atoms with van der Waals surface area (Å²) in [7, 11) is 1.43. The fraction of sp³-hybridized carbons (Fsp3) is 0.136. The Hall–Kier alpha value is -3.68. The summed E-state index contributed by atoms with van der Waals surface area (Å²) in [4.78, 5) is 29.0. The average molecular weight is 467 g/mol. The zero-order valence-corrected chi connectivity index (χ0v) is 19.0. The number of aromatic nitrogens is 2. The van der Waals surface area contributed by atoms with E-state index >= 15 is 0 Å². The number of nitriles is 1. The highest BCUT2D eigenvalue weighted by molar-refractivity contribution is 7.98. The van der Waals surface area contributed by atoms with Gasteiger partial charge in [0.05, 0.1) is 12.7 Å². The summed E-state index contributed by atoms with van der Waals surface area (Å²) in [5.41, 5.74) is 1.75. The smallest absolute Gasteiger partial charge is 0.343 e. The molecule has 1 amide bonds. The Morgan fingerprint density at radius 2 is 2.03 bits per heavy atom. The van der Waals surface area contributed by atoms with E-state index in [1.165, 1.54) is 24.9 Å². The third-order valence-electron chi connectivity index (χ3n) is 4.13. The molecule has 0 fully saturated rings. The third-order valence-corrected chi connectivity index (χ3v) is 5.42. The lowest BCUT2D eigenvalue weighted by atomic mass is 10.1. The standard InChI is InChI=1S/C22H18N4O4S2/c1-13-5-4-6-15(9-13)20(28)30-17-8-7-14(11-18(17)29-2)10-16(12-23)19(27)24-21-25-22(31-3)26-32-21/h4-11H,1-3H3,(H,24,25,26,27)/b16-10-. The van der Waals surface area contributed by atoms with Crippen LogP contribution in [0.25, 0.3) is 6.08 Å². The van der Waals surface area contributed by atoms with Gasteiger partial charge in [-0.2, -0.15) is 14.6 Å². The van der Waals surface area contributed by atoms with Gasteiger partial charge in [-0.15, -0.1) is 0 Å². The number of rotatable bonds is 7. The highest BCUT2D eigenvalue weighted by atomic mass is 32.2. The van der Waals surface area contributed by atoms with Crippen molar-refractivity contribution < 1.29 is 19.1 Å². The summed E-state index contributed by atoms with van der Waals surface area (Å²) >= 11 is 2.38. The van der Waals surface area contributed by atoms with Crippen molar-refractivity contribution in [2.24, 2.45) is 0 Å². The number of hydrogen-bond acceptors (Lipinski definition) is 9. The van der Waals surface area contributed by atoms with Gasteiger partial charge < -0.3 is 9.47 Å². The number of thioether (sulfide) groups is 1. The van der Waals surface area contributed by atoms with Gasteiger partial charge in [-0.1, -0.05) is 35.5 Å². The van der Waals surface area contributed by atoms with Crippen LogP contribution in [0.4, 0.5) is 5.13 Å². The second kappa shape index (κ2) is 10.6. The van der Waals surface area contributed by atoms with Crippen molar-refractivity contribution in [1.82, 2.24) is 9.36 Å². The van der Waals surface area contributed by atoms with Crippen molar-refractivity contribution in [3.8, 4) is 17.6 Å². The molecule has 0 aliphatic carbocycles. The molecule has 0 spiro atoms. The van der Waals surface area contributed by atoms with Gasteiger partial charge in [0.15, 0.2) is 11.5 Å². The number of benzene rings is 2. The Labute approximate surface area is 193 Å². The van der Waals surface area contributed by atoms with Gasteiger partial charge in [0.25, 0.3) is 5.91 Å². The van der Waals surface area contributed by atoms with Gasteiger partial charge in [-0.3, -0.25) is 10.1 Å². The Morgan fingerprint density at radius 1 is 1.22 bits per heavy atom. The number of esters is 1. The molecule has 1 heterocycles. The predicted octanol–water partition coefficient (Wildman–Crippen LogP) is 4.34. The van der Waals surface area contributed by atoms with Crippen LogP contribution in [0.5, 0.6) is 11.5 Å². The first-order valence-corrected chi connectivity index (χ1v) is 11.2. The second-order valence-electron chi connectivity index (χ2n) is 6.38. The second-order valence-corrected chi connectivity index (χ2v) is 7.90. The van der Waals surface area contributed by atoms with E-state index in [2.05, 4.69) is 14.7 Å². The Morgan fingerprint density at radius 3 is 2.69 bits per heavy atom. The first kappa shape index (κ1) is 23.0. The molecule has 0 aliphatic heterocycles. The molecule has 0 bridgehead atoms. The normalized spacial score (nSPS) is 10.9. The molecule has 10 heteroatoms. The number of hydrogen-bond donors (Lipinski definition) is 1. The largest absolute Gasteiger partial charge is 0.493 e. The van der Waals surface area contributed by atoms with Crippen LogP contribution in [0, 0.1) is 18.3 Å². The minimum Gasteiger partial charge on any atom is -0.493 e. The van der Waals surface area contributed by atoms with Crippen LogP contribution < -0.4 is 14.8 Å². The summed E-state index contributed by atoms with van der Waals surface area (Å²) in [6, 6.07) is 13.6. The Balaban J connectivity index is 1.78. The van der Waals surface area contributed by atoms with Crippen molar-refractivity contribution in [3.63, 3.8) is 0 Å². The summed E-state index contributed by atoms with van der Waals surface area (Å²) < 4.78 is 14.8. The quantitative estimate of drug-likeness (QED) is 0.180. The Kier molecular flexibility index (Phi) is 7.59. The molecule has 0 atom stereocenters. The van der Waals surface area contributed by atoms with Gasteiger partial charge >= 0.3 is 5.97 Å². The lowest BCUT2D eigenvalue weighted by molar-refractivity contribution is -0.112. The van der Waals surface area contributed by atoms with E-state index in [9.17, 15) is 14.9 Å². The number of nitrogens with one attached hydrogen (secondary N) is 1. The number of amides is 1. The maximum atomic E-state index is 12.4. The van der Waals surface area contributed by atoms with Crippen molar-refractivity contribution in [2.45, 2.75) is 12.1 Å². The number of aryl methyl sites for hydroxylation is 1. The van der Waals surface area contributed by atoms with Gasteiger partial charge in [0, 0.05) is 11.5 Å². The SMILES string of the molecule is COc1cc(/C=C(/C#N)C(=O)Nc2nc(SC)ns2)ccc1OC(=O)c1cccc(C)c1. The molecule has 32 heavy (non-hydrogen) atoms. The van der Waals surface area contributed by atoms with Crippen LogP contribution in [0.2, 0.25) is 0 Å². The predicted molar refractivity (Wildman–Crippen MR) is 123 cm³/mol. The first-order valence-electron chi connectivity index (χ1n) is 9.21. The minimum absolute atomic E-state index is 0.127. The molecule has 0 unspecified atom stereocenters. The summed E-state index contributed by atoms with van der Waals surface area (Å²) in [5, 5.41) is 12.8. The van der Waals surface area contributed by atoms with E-state index in [1.54, 1.807) is 36.4 Å². The average Bonchev–Trinajstić information content (AvgIpc) is 3.25. The zero-order chi connectivity index (χ0) is 23.1. The maximum Gasteiger partial charge on any atom is 0.343 e. The van der Waals surface area contributed by atoms with E-state index in [0.717, 1.165) is 17.1 Å². The molecule has 1 aromatic heterocycles. The fourth-order valence-electron chi connectivity index (χ4n) is 2.61. The van der Waals surface area contributed by atoms with Crippen molar-refractivity contribution >= 4 is 46.4 Å². The highest BCUT2D eigenvalue weighted by Crippen LogP contribution is 2.30. The van der Waals surface area contributed by atoms with Gasteiger partial charge in [0.1, 0.15) is 11.6 Å². The lowest BCUT2D eigenvalue weighted by Gasteiger charge is -2.10. The maximum absolute atomic E-state index is 12.4. The monoisotopic (exact) mass is 466 g/mol. The number of carbonyl (C=O) groups excluding carboxylic acids is 2. The van der Waals surface area contributed by atoms with Gasteiger partial charge in [-0.25, -0.2) is 4.79 Å². The summed E-state index contributed by atoms with van der Waals surface area (Å²) in [6.45, 7) is 1.88. The molecule has 1 N–H and O–H groups in total. The van der Waals surface area contributed by atoms with Gasteiger partial charge in [-0.05, 0) is 49.1 Å². The third kappa shape index (κ3) is 5.72. The first-order chi connectivity index (χ1) is 15.4. The molecule has 0 aliphatic rings. The molecule has 3 aromatic rings. The number of nitrogens with zero attached hydrogens (tertiary/aromatic N) is 3. The van der Waals surface area contributed by atoms with E-state index in [4.69, 9.17) is 9.47 Å². The van der Waals surface area contributed by atoms with Crippen molar-refractivity contribution in [1.29, 1.82) is 5.26 Å². The van der Waals surface area contributed by atoms with Crippen LogP contribution in [0.3, 0.4) is 0 Å². The van der Waals surface area contributed by atoms with Crippen LogP contribution in [0.1, 0.15) is 21.5 Å². The molecule has 8 nitrogen and oxygen atoms in total. The lowest BCUT2D eigenvalue weighted by Crippen LogP contribution is -2.13. The number of ether oxygens (including phenoxy) is 2. The van der Waals surface area contributed by atoms with Crippen LogP contribution >= 0.6 is 23.3 Å². The molecule has 0 radical (unpaired) electrons. The molecule has 0 saturated carbocycles.